The lowest BCUT2D eigenvalue weighted by Gasteiger charge is -2.66. The molecule has 0 spiro atoms. The van der Waals surface area contributed by atoms with Crippen LogP contribution >= 0.6 is 0 Å². The minimum absolute atomic E-state index is 0.0220. The van der Waals surface area contributed by atoms with E-state index < -0.39 is 68.4 Å². The van der Waals surface area contributed by atoms with Gasteiger partial charge in [-0.15, -0.1) is 0 Å². The molecule has 18 radical (unpaired) electrons. The van der Waals surface area contributed by atoms with Gasteiger partial charge in [0.25, 0.3) is 17.7 Å². The lowest BCUT2D eigenvalue weighted by atomic mass is 9.38. The van der Waals surface area contributed by atoms with Crippen LogP contribution in [-0.4, -0.2) is 164 Å². The van der Waals surface area contributed by atoms with E-state index in [0.717, 1.165) is 24.3 Å². The third-order valence-electron chi connectivity index (χ3n) is 8.39. The second-order valence-corrected chi connectivity index (χ2v) is 11.9. The van der Waals surface area contributed by atoms with Crippen molar-refractivity contribution >= 4 is 94.4 Å². The van der Waals surface area contributed by atoms with Crippen molar-refractivity contribution in [1.82, 2.24) is 15.1 Å². The Morgan fingerprint density at radius 1 is 0.939 bits per heavy atom. The largest absolute Gasteiger partial charge is 0.392 e. The number of amides is 2. The van der Waals surface area contributed by atoms with E-state index >= 15 is 0 Å². The van der Waals surface area contributed by atoms with Gasteiger partial charge in [0.15, 0.2) is 21.4 Å². The predicted octanol–water partition coefficient (Wildman–Crippen LogP) is -6.58. The molecule has 2 aromatic carbocycles. The maximum Gasteiger partial charge on any atom is 0.274 e. The molecule has 0 aliphatic carbocycles. The summed E-state index contributed by atoms with van der Waals surface area (Å²) in [4.78, 5) is 37.8. The first-order valence-electron chi connectivity index (χ1n) is 14.2. The zero-order valence-corrected chi connectivity index (χ0v) is 25.9. The van der Waals surface area contributed by atoms with Crippen molar-refractivity contribution in [2.24, 2.45) is 0 Å². The lowest BCUT2D eigenvalue weighted by Crippen LogP contribution is -2.88. The number of aliphatic hydroxyl groups is 6. The minimum Gasteiger partial charge on any atom is -0.392 e. The van der Waals surface area contributed by atoms with Crippen LogP contribution in [0.2, 0.25) is 0 Å². The van der Waals surface area contributed by atoms with Crippen LogP contribution in [-0.2, 0) is 31.2 Å². The number of carbonyl (C=O) groups is 3. The third-order valence-corrected chi connectivity index (χ3v) is 8.39. The summed E-state index contributed by atoms with van der Waals surface area (Å²) in [5, 5.41) is 62.2. The fourth-order valence-electron chi connectivity index (χ4n) is 5.80. The van der Waals surface area contributed by atoms with Crippen molar-refractivity contribution < 1.29 is 49.8 Å². The van der Waals surface area contributed by atoms with E-state index in [2.05, 4.69) is 15.4 Å². The van der Waals surface area contributed by atoms with Gasteiger partial charge in [0, 0.05) is 35.8 Å². The quantitative estimate of drug-likeness (QED) is 0.0687. The van der Waals surface area contributed by atoms with Gasteiger partial charge in [0.1, 0.15) is 19.8 Å². The molecule has 2 heterocycles. The summed E-state index contributed by atoms with van der Waals surface area (Å²) in [6.07, 6.45) is -0.211. The number of hydrogen-bond acceptors (Lipinski definition) is 12. The highest BCUT2D eigenvalue weighted by Gasteiger charge is 2.68. The lowest BCUT2D eigenvalue weighted by molar-refractivity contribution is -0.492. The molecule has 4 rings (SSSR count). The second kappa shape index (κ2) is 12.1. The molecule has 2 aliphatic rings. The van der Waals surface area contributed by atoms with E-state index in [9.17, 15) is 45.0 Å². The van der Waals surface area contributed by atoms with Crippen LogP contribution in [0.25, 0.3) is 0 Å². The fourth-order valence-corrected chi connectivity index (χ4v) is 5.80. The number of carbonyl (C=O) groups excluding carboxylic acids is 3. The molecule has 0 aromatic heterocycles. The maximum atomic E-state index is 13.6. The number of aldehydes is 1. The first kappa shape index (κ1) is 38.9. The van der Waals surface area contributed by atoms with Crippen molar-refractivity contribution in [3.05, 3.63) is 64.7 Å². The van der Waals surface area contributed by atoms with E-state index in [4.69, 9.17) is 70.6 Å². The molecule has 14 nitrogen and oxygen atoms in total. The number of likely N-dealkylation sites (N-methyl/N-ethyl adjacent to an activating group) is 1. The zero-order chi connectivity index (χ0) is 37.4. The van der Waals surface area contributed by atoms with E-state index in [0.29, 0.717) is 11.2 Å². The summed E-state index contributed by atoms with van der Waals surface area (Å²) in [5.74, 6) is -9.45. The highest BCUT2D eigenvalue weighted by Crippen LogP contribution is 2.47. The van der Waals surface area contributed by atoms with Crippen LogP contribution in [0.3, 0.4) is 0 Å². The first-order chi connectivity index (χ1) is 22.2. The molecule has 23 heteroatoms. The molecule has 2 amide bonds. The van der Waals surface area contributed by atoms with Crippen LogP contribution in [0.15, 0.2) is 42.5 Å². The van der Waals surface area contributed by atoms with Gasteiger partial charge in [-0.3, -0.25) is 9.59 Å². The van der Waals surface area contributed by atoms with Crippen molar-refractivity contribution in [3.63, 3.8) is 0 Å². The molecule has 49 heavy (non-hydrogen) atoms. The van der Waals surface area contributed by atoms with Gasteiger partial charge in [-0.2, -0.15) is 0 Å². The number of nitrogens with one attached hydrogen (secondary N) is 2. The number of morpholine rings is 1. The number of benzene rings is 2. The van der Waals surface area contributed by atoms with Gasteiger partial charge in [0.05, 0.1) is 52.5 Å². The Labute approximate surface area is 293 Å². The van der Waals surface area contributed by atoms with Crippen molar-refractivity contribution in [3.8, 4) is 0 Å². The Morgan fingerprint density at radius 3 is 2.02 bits per heavy atom. The summed E-state index contributed by atoms with van der Waals surface area (Å²) in [6, 6.07) is 8.16. The van der Waals surface area contributed by atoms with Gasteiger partial charge < -0.3 is 55.7 Å². The summed E-state index contributed by atoms with van der Waals surface area (Å²) in [7, 11) is 54.9. The van der Waals surface area contributed by atoms with Gasteiger partial charge in [-0.05, 0) is 40.2 Å². The molecule has 0 saturated carbocycles. The van der Waals surface area contributed by atoms with Crippen LogP contribution in [0.5, 0.6) is 0 Å². The number of ether oxygens (including phenoxy) is 1. The second-order valence-electron chi connectivity index (χ2n) is 11.9. The average molecular weight is 649 g/mol. The highest BCUT2D eigenvalue weighted by atomic mass is 16.7. The maximum absolute atomic E-state index is 13.6. The normalized spacial score (nSPS) is 25.9. The van der Waals surface area contributed by atoms with E-state index in [1.807, 2.05) is 0 Å². The minimum atomic E-state index is -3.95. The Bertz CT molecular complexity index is 1630. The molecule has 2 aliphatic heterocycles. The predicted molar refractivity (Wildman–Crippen MR) is 179 cm³/mol. The monoisotopic (exact) mass is 650 g/mol. The Balaban J connectivity index is 1.72. The zero-order valence-electron chi connectivity index (χ0n) is 25.9. The molecular formula is C26H23B9N4O10. The molecule has 1 fully saturated rings. The van der Waals surface area contributed by atoms with Gasteiger partial charge in [0.2, 0.25) is 5.91 Å². The van der Waals surface area contributed by atoms with Crippen LogP contribution in [0.1, 0.15) is 39.9 Å². The number of hydrogen-bond donors (Lipinski definition) is 8. The van der Waals surface area contributed by atoms with Crippen LogP contribution in [0.4, 0.5) is 5.69 Å². The molecule has 3 unspecified atom stereocenters. The van der Waals surface area contributed by atoms with Crippen LogP contribution in [0, 0.1) is 0 Å². The van der Waals surface area contributed by atoms with Crippen molar-refractivity contribution in [2.45, 2.75) is 57.5 Å². The third kappa shape index (κ3) is 5.91. The van der Waals surface area contributed by atoms with Crippen molar-refractivity contribution in [1.29, 1.82) is 0 Å². The van der Waals surface area contributed by atoms with Crippen molar-refractivity contribution in [2.75, 3.05) is 12.4 Å². The fraction of sp³-hybridized carbons (Fsp3) is 0.423. The van der Waals surface area contributed by atoms with E-state index in [1.54, 1.807) is 0 Å². The standard InChI is InChI=1S/C26H23B9N4O10/c1-36-18(42)19(27,10-3-11-40)38-17(41)14-4-2-5-15(16(14)21(38,30)43)37-20(28,29)12-6-8-13(9-7-12)22(44,45)39-23(31,32)24(33,34)49-25(35,46)26(39,47)48/h2,4-9,11,37,43-48H,3,10H2,1H3,(H,36,42). The van der Waals surface area contributed by atoms with E-state index in [1.165, 1.54) is 25.2 Å². The molecule has 234 valence electrons. The molecule has 8 N–H and O–H groups in total. The highest BCUT2D eigenvalue weighted by molar-refractivity contribution is 6.54. The first-order valence-corrected chi connectivity index (χ1v) is 14.2. The number of fused-ring (bicyclic) bond motifs is 1. The number of anilines is 1. The molecule has 2 aromatic rings. The van der Waals surface area contributed by atoms with E-state index in [-0.39, 0.29) is 33.7 Å². The Morgan fingerprint density at radius 2 is 1.49 bits per heavy atom. The van der Waals surface area contributed by atoms with Crippen LogP contribution < -0.4 is 10.6 Å². The number of nitrogens with zero attached hydrogens (tertiary/aromatic N) is 2. The molecule has 1 saturated heterocycles. The Kier molecular flexibility index (Phi) is 9.62. The average Bonchev–Trinajstić information content (AvgIpc) is 3.19. The molecule has 0 bridgehead atoms. The SMILES string of the molecule is [B]C([B])(Nc1cccc2c1C([B])(O)N(C([B])(CCC=O)C(=O)NC)C2=O)c1ccc(C(O)(O)N2C([B])([B])C([B])([B])OC([B])(O)C2(O)O)cc1. The number of rotatable bonds is 10. The Hall–Kier alpha value is -2.89. The topological polar surface area (TPSA) is 212 Å². The summed E-state index contributed by atoms with van der Waals surface area (Å²) in [5.41, 5.74) is -9.85. The van der Waals surface area contributed by atoms with Gasteiger partial charge >= 0.3 is 0 Å². The molecule has 3 atom stereocenters. The molecular weight excluding hydrogens is 626 g/mol. The summed E-state index contributed by atoms with van der Waals surface area (Å²) < 4.78 is 4.63. The smallest absolute Gasteiger partial charge is 0.274 e. The van der Waals surface area contributed by atoms with Gasteiger partial charge in [-0.1, -0.05) is 30.3 Å². The van der Waals surface area contributed by atoms with Gasteiger partial charge in [-0.25, -0.2) is 4.90 Å². The summed E-state index contributed by atoms with van der Waals surface area (Å²) in [6.45, 7) is 0. The summed E-state index contributed by atoms with van der Waals surface area (Å²) >= 11 is 0.